The fourth-order valence-corrected chi connectivity index (χ4v) is 2.65. The lowest BCUT2D eigenvalue weighted by molar-refractivity contribution is 0.785. The minimum absolute atomic E-state index is 0.343. The number of rotatable bonds is 4. The van der Waals surface area contributed by atoms with Gasteiger partial charge in [0.05, 0.1) is 0 Å². The smallest absolute Gasteiger partial charge is 0.222 e. The van der Waals surface area contributed by atoms with Crippen molar-refractivity contribution >= 4 is 17.3 Å². The predicted molar refractivity (Wildman–Crippen MR) is 72.6 cm³/mol. The molecule has 2 rings (SSSR count). The van der Waals surface area contributed by atoms with E-state index in [4.69, 9.17) is 0 Å². The molecule has 2 aromatic heterocycles. The molecule has 2 heterocycles. The molecule has 3 nitrogen and oxygen atoms in total. The molecule has 1 unspecified atom stereocenters. The van der Waals surface area contributed by atoms with E-state index in [1.807, 2.05) is 30.7 Å². The standard InChI is InChI=1S/C13H17N3S/c1-9-7-14-13(15-8-9)16-10(2)6-12-5-4-11(3)17-12/h4-5,7-8,10H,6H2,1-3H3,(H,14,15,16). The first-order valence-electron chi connectivity index (χ1n) is 5.74. The van der Waals surface area contributed by atoms with E-state index in [0.29, 0.717) is 12.0 Å². The van der Waals surface area contributed by atoms with Gasteiger partial charge in [-0.3, -0.25) is 0 Å². The van der Waals surface area contributed by atoms with E-state index < -0.39 is 0 Å². The molecule has 0 fully saturated rings. The quantitative estimate of drug-likeness (QED) is 0.901. The van der Waals surface area contributed by atoms with Gasteiger partial charge in [-0.2, -0.15) is 0 Å². The first-order chi connectivity index (χ1) is 8.13. The first-order valence-corrected chi connectivity index (χ1v) is 6.55. The van der Waals surface area contributed by atoms with Crippen molar-refractivity contribution < 1.29 is 0 Å². The van der Waals surface area contributed by atoms with Crippen molar-refractivity contribution in [3.05, 3.63) is 39.8 Å². The maximum absolute atomic E-state index is 4.25. The first kappa shape index (κ1) is 12.0. The predicted octanol–water partition coefficient (Wildman–Crippen LogP) is 3.20. The Morgan fingerprint density at radius 1 is 1.24 bits per heavy atom. The van der Waals surface area contributed by atoms with Gasteiger partial charge in [-0.15, -0.1) is 11.3 Å². The highest BCUT2D eigenvalue weighted by Crippen LogP contribution is 2.17. The minimum Gasteiger partial charge on any atom is -0.351 e. The molecule has 1 atom stereocenters. The normalized spacial score (nSPS) is 12.4. The van der Waals surface area contributed by atoms with Gasteiger partial charge in [0, 0.05) is 34.6 Å². The average Bonchev–Trinajstić information content (AvgIpc) is 2.67. The molecule has 0 aliphatic carbocycles. The molecule has 0 spiro atoms. The average molecular weight is 247 g/mol. The molecular formula is C13H17N3S. The summed E-state index contributed by atoms with van der Waals surface area (Å²) in [6.07, 6.45) is 4.67. The summed E-state index contributed by atoms with van der Waals surface area (Å²) in [6, 6.07) is 4.69. The summed E-state index contributed by atoms with van der Waals surface area (Å²) in [6.45, 7) is 6.27. The van der Waals surface area contributed by atoms with E-state index in [1.165, 1.54) is 9.75 Å². The number of anilines is 1. The molecule has 90 valence electrons. The summed E-state index contributed by atoms with van der Waals surface area (Å²) < 4.78 is 0. The number of hydrogen-bond donors (Lipinski definition) is 1. The molecule has 0 aromatic carbocycles. The third-order valence-corrected chi connectivity index (χ3v) is 3.48. The summed E-state index contributed by atoms with van der Waals surface area (Å²) in [7, 11) is 0. The van der Waals surface area contributed by atoms with Crippen molar-refractivity contribution in [1.82, 2.24) is 9.97 Å². The van der Waals surface area contributed by atoms with Crippen molar-refractivity contribution in [2.24, 2.45) is 0 Å². The Kier molecular flexibility index (Phi) is 3.74. The minimum atomic E-state index is 0.343. The van der Waals surface area contributed by atoms with Crippen LogP contribution in [0.25, 0.3) is 0 Å². The highest BCUT2D eigenvalue weighted by Gasteiger charge is 2.06. The topological polar surface area (TPSA) is 37.8 Å². The second kappa shape index (κ2) is 5.27. The Bertz CT molecular complexity index is 476. The van der Waals surface area contributed by atoms with Crippen LogP contribution in [0.4, 0.5) is 5.95 Å². The number of nitrogens with one attached hydrogen (secondary N) is 1. The number of aromatic nitrogens is 2. The van der Waals surface area contributed by atoms with Crippen LogP contribution in [0.2, 0.25) is 0 Å². The maximum Gasteiger partial charge on any atom is 0.222 e. The van der Waals surface area contributed by atoms with Gasteiger partial charge in [-0.1, -0.05) is 0 Å². The molecule has 17 heavy (non-hydrogen) atoms. The summed E-state index contributed by atoms with van der Waals surface area (Å²) in [5.74, 6) is 0.705. The van der Waals surface area contributed by atoms with Crippen LogP contribution >= 0.6 is 11.3 Å². The fraction of sp³-hybridized carbons (Fsp3) is 0.385. The lowest BCUT2D eigenvalue weighted by Gasteiger charge is -2.12. The van der Waals surface area contributed by atoms with Crippen molar-refractivity contribution in [2.75, 3.05) is 5.32 Å². The SMILES string of the molecule is Cc1cnc(NC(C)Cc2ccc(C)s2)nc1. The molecule has 0 amide bonds. The van der Waals surface area contributed by atoms with E-state index >= 15 is 0 Å². The van der Waals surface area contributed by atoms with Gasteiger partial charge in [0.1, 0.15) is 0 Å². The van der Waals surface area contributed by atoms with Crippen LogP contribution in [0, 0.1) is 13.8 Å². The fourth-order valence-electron chi connectivity index (χ4n) is 1.64. The monoisotopic (exact) mass is 247 g/mol. The molecule has 0 aliphatic rings. The van der Waals surface area contributed by atoms with E-state index in [1.54, 1.807) is 0 Å². The van der Waals surface area contributed by atoms with Crippen LogP contribution in [0.3, 0.4) is 0 Å². The third-order valence-electron chi connectivity index (χ3n) is 2.46. The second-order valence-electron chi connectivity index (χ2n) is 4.35. The van der Waals surface area contributed by atoms with Crippen LogP contribution < -0.4 is 5.32 Å². The van der Waals surface area contributed by atoms with Gasteiger partial charge in [0.25, 0.3) is 0 Å². The number of hydrogen-bond acceptors (Lipinski definition) is 4. The van der Waals surface area contributed by atoms with Gasteiger partial charge in [0.15, 0.2) is 0 Å². The molecule has 0 aliphatic heterocycles. The third kappa shape index (κ3) is 3.53. The number of thiophene rings is 1. The lowest BCUT2D eigenvalue weighted by Crippen LogP contribution is -2.19. The molecule has 0 bridgehead atoms. The lowest BCUT2D eigenvalue weighted by atomic mass is 10.2. The largest absolute Gasteiger partial charge is 0.351 e. The Morgan fingerprint density at radius 2 is 1.94 bits per heavy atom. The van der Waals surface area contributed by atoms with Gasteiger partial charge in [0.2, 0.25) is 5.95 Å². The Hall–Kier alpha value is -1.42. The molecule has 0 radical (unpaired) electrons. The molecule has 2 aromatic rings. The van der Waals surface area contributed by atoms with E-state index in [9.17, 15) is 0 Å². The Balaban J connectivity index is 1.93. The van der Waals surface area contributed by atoms with E-state index in [2.05, 4.69) is 41.3 Å². The Labute approximate surface area is 106 Å². The number of aryl methyl sites for hydroxylation is 2. The van der Waals surface area contributed by atoms with Crippen molar-refractivity contribution in [2.45, 2.75) is 33.2 Å². The summed E-state index contributed by atoms with van der Waals surface area (Å²) in [5.41, 5.74) is 1.08. The van der Waals surface area contributed by atoms with Crippen LogP contribution in [-0.4, -0.2) is 16.0 Å². The highest BCUT2D eigenvalue weighted by molar-refractivity contribution is 7.11. The summed E-state index contributed by atoms with van der Waals surface area (Å²) >= 11 is 1.85. The zero-order valence-corrected chi connectivity index (χ0v) is 11.2. The zero-order valence-electron chi connectivity index (χ0n) is 10.4. The highest BCUT2D eigenvalue weighted by atomic mass is 32.1. The zero-order chi connectivity index (χ0) is 12.3. The van der Waals surface area contributed by atoms with Gasteiger partial charge >= 0.3 is 0 Å². The van der Waals surface area contributed by atoms with E-state index in [-0.39, 0.29) is 0 Å². The maximum atomic E-state index is 4.25. The van der Waals surface area contributed by atoms with Crippen LogP contribution in [0.15, 0.2) is 24.5 Å². The molecule has 0 saturated heterocycles. The number of nitrogens with zero attached hydrogens (tertiary/aromatic N) is 2. The van der Waals surface area contributed by atoms with Gasteiger partial charge in [-0.05, 0) is 38.5 Å². The summed E-state index contributed by atoms with van der Waals surface area (Å²) in [5, 5.41) is 3.31. The van der Waals surface area contributed by atoms with E-state index in [0.717, 1.165) is 12.0 Å². The van der Waals surface area contributed by atoms with Crippen LogP contribution in [0.5, 0.6) is 0 Å². The Morgan fingerprint density at radius 3 is 2.53 bits per heavy atom. The second-order valence-corrected chi connectivity index (χ2v) is 5.72. The molecule has 1 N–H and O–H groups in total. The summed E-state index contributed by atoms with van der Waals surface area (Å²) in [4.78, 5) is 11.3. The van der Waals surface area contributed by atoms with Crippen molar-refractivity contribution in [1.29, 1.82) is 0 Å². The van der Waals surface area contributed by atoms with Gasteiger partial charge < -0.3 is 5.32 Å². The van der Waals surface area contributed by atoms with Crippen molar-refractivity contribution in [3.8, 4) is 0 Å². The van der Waals surface area contributed by atoms with Crippen LogP contribution in [0.1, 0.15) is 22.2 Å². The van der Waals surface area contributed by atoms with Crippen molar-refractivity contribution in [3.63, 3.8) is 0 Å². The molecule has 4 heteroatoms. The van der Waals surface area contributed by atoms with Crippen LogP contribution in [-0.2, 0) is 6.42 Å². The molecular weight excluding hydrogens is 230 g/mol. The molecule has 0 saturated carbocycles. The van der Waals surface area contributed by atoms with Gasteiger partial charge in [-0.25, -0.2) is 9.97 Å².